The van der Waals surface area contributed by atoms with Crippen LogP contribution in [-0.2, 0) is 29.2 Å². The molecule has 94 heavy (non-hydrogen) atoms. The zero-order valence-electron chi connectivity index (χ0n) is 56.2. The number of unbranched alkanes of at least 4 members (excludes halogenated alkanes) is 8. The van der Waals surface area contributed by atoms with Gasteiger partial charge in [-0.3, -0.25) is 8.37 Å². The van der Waals surface area contributed by atoms with Crippen LogP contribution in [0.1, 0.15) is 158 Å². The van der Waals surface area contributed by atoms with Gasteiger partial charge in [-0.2, -0.15) is 0 Å². The van der Waals surface area contributed by atoms with Gasteiger partial charge in [-0.15, -0.1) is 0 Å². The first-order chi connectivity index (χ1) is 44.3. The van der Waals surface area contributed by atoms with Crippen molar-refractivity contribution in [2.75, 3.05) is 66.6 Å². The van der Waals surface area contributed by atoms with Crippen LogP contribution in [0.25, 0.3) is 64.6 Å². The number of phenolic OH excluding ortho intramolecular Hbond substituents is 12. The molecule has 0 atom stereocenters. The van der Waals surface area contributed by atoms with E-state index in [1.807, 2.05) is 0 Å². The zero-order valence-corrected chi connectivity index (χ0v) is 57.9. The Balaban J connectivity index is 0.000000312. The third-order valence-electron chi connectivity index (χ3n) is 16.7. The summed E-state index contributed by atoms with van der Waals surface area (Å²) in [6.07, 6.45) is 22.1. The molecule has 0 spiro atoms. The van der Waals surface area contributed by atoms with E-state index in [1.165, 1.54) is 237 Å². The molecular formula is C70H102N2O20S2. The van der Waals surface area contributed by atoms with Crippen LogP contribution < -0.4 is 0 Å². The lowest BCUT2D eigenvalue weighted by molar-refractivity contribution is -0.929. The van der Waals surface area contributed by atoms with Crippen LogP contribution in [0.15, 0.2) is 72.8 Å². The van der Waals surface area contributed by atoms with Crippen molar-refractivity contribution in [3.8, 4) is 69.0 Å². The number of phenols is 12. The van der Waals surface area contributed by atoms with Crippen molar-refractivity contribution in [3.63, 3.8) is 0 Å². The van der Waals surface area contributed by atoms with Gasteiger partial charge in [0.2, 0.25) is 20.8 Å². The molecule has 0 amide bonds. The van der Waals surface area contributed by atoms with Crippen LogP contribution in [0, 0.1) is 0 Å². The molecule has 0 heterocycles. The van der Waals surface area contributed by atoms with Crippen molar-refractivity contribution in [1.82, 2.24) is 0 Å². The fourth-order valence-corrected chi connectivity index (χ4v) is 11.4. The standard InChI is InChI=1S/2C18H12O6.2C16H36N.2CH4O4S/c2*19-13-1-7-8(2-14(13)20)10-4-17(23)18(24)6-12(10)11-5-16(22)15(21)3-9(7)11;2*1-5-9-13-17(14-10-6-2,15-11-7-3)16-12-8-4;2*1-5-6(2,3)4/h2*1-6,19-24H;2*5-16H2,1-4H3;2*1H3,(H,2,3,4)/q;;2*+1;;/p-2. The Bertz CT molecular complexity index is 3090. The topological polar surface area (TPSA) is 376 Å². The third-order valence-corrected chi connectivity index (χ3v) is 17.5. The van der Waals surface area contributed by atoms with E-state index in [9.17, 15) is 87.2 Å². The van der Waals surface area contributed by atoms with Crippen LogP contribution in [-0.4, -0.2) is 163 Å². The van der Waals surface area contributed by atoms with E-state index in [-0.39, 0.29) is 69.0 Å². The molecule has 8 aromatic rings. The summed E-state index contributed by atoms with van der Waals surface area (Å²) in [5, 5.41) is 124. The molecule has 0 aliphatic heterocycles. The number of benzene rings is 8. The first kappa shape index (κ1) is 80.8. The molecule has 0 saturated heterocycles. The van der Waals surface area contributed by atoms with Crippen molar-refractivity contribution in [3.05, 3.63) is 72.8 Å². The van der Waals surface area contributed by atoms with E-state index in [0.717, 1.165) is 14.2 Å². The average molecular weight is 1360 g/mol. The normalized spacial score (nSPS) is 11.7. The smallest absolute Gasteiger partial charge is 0.217 e. The summed E-state index contributed by atoms with van der Waals surface area (Å²) in [4.78, 5) is 0. The van der Waals surface area contributed by atoms with Gasteiger partial charge in [0, 0.05) is 0 Å². The van der Waals surface area contributed by atoms with Gasteiger partial charge in [0.05, 0.1) is 66.6 Å². The fraction of sp³-hybridized carbons (Fsp3) is 0.486. The molecular weight excluding hydrogens is 1250 g/mol. The van der Waals surface area contributed by atoms with Gasteiger partial charge in [-0.05, 0) is 189 Å². The highest BCUT2D eigenvalue weighted by atomic mass is 32.3. The van der Waals surface area contributed by atoms with Gasteiger partial charge in [0.25, 0.3) is 0 Å². The Morgan fingerprint density at radius 1 is 0.255 bits per heavy atom. The Morgan fingerprint density at radius 2 is 0.340 bits per heavy atom. The van der Waals surface area contributed by atoms with Crippen LogP contribution in [0.4, 0.5) is 0 Å². The second kappa shape index (κ2) is 38.2. The van der Waals surface area contributed by atoms with Crippen molar-refractivity contribution in [1.29, 1.82) is 0 Å². The SMILES string of the molecule is CCCC[N+](CCCC)(CCCC)CCCC.CCCC[N+](CCCC)(CCCC)CCCC.COS(=O)(=O)[O-].COS(=O)(=O)[O-].Oc1cc2c3cc(O)c(O)cc3c3cc(O)c(O)cc3c2cc1O.Oc1cc2c3cc(O)c(O)cc3c3cc(O)c(O)cc3c2cc1O. The maximum atomic E-state index is 9.82. The lowest BCUT2D eigenvalue weighted by Crippen LogP contribution is -2.50. The average Bonchev–Trinajstić information content (AvgIpc) is 0.741. The fourth-order valence-electron chi connectivity index (χ4n) is 11.4. The number of fused-ring (bicyclic) bond motifs is 12. The summed E-state index contributed by atoms with van der Waals surface area (Å²) >= 11 is 0. The van der Waals surface area contributed by atoms with E-state index in [1.54, 1.807) is 0 Å². The van der Waals surface area contributed by atoms with Crippen molar-refractivity contribution >= 4 is 85.4 Å². The molecule has 8 rings (SSSR count). The molecule has 0 bridgehead atoms. The Labute approximate surface area is 553 Å². The number of hydrogen-bond donors (Lipinski definition) is 12. The predicted octanol–water partition coefficient (Wildman–Crippen LogP) is 15.0. The van der Waals surface area contributed by atoms with E-state index in [4.69, 9.17) is 0 Å². The third kappa shape index (κ3) is 23.5. The molecule has 8 aromatic carbocycles. The molecule has 524 valence electrons. The molecule has 0 fully saturated rings. The summed E-state index contributed by atoms with van der Waals surface area (Å²) < 4.78 is 64.9. The van der Waals surface area contributed by atoms with E-state index < -0.39 is 20.8 Å². The van der Waals surface area contributed by atoms with E-state index in [0.29, 0.717) is 64.6 Å². The summed E-state index contributed by atoms with van der Waals surface area (Å²) in [6, 6.07) is 16.1. The van der Waals surface area contributed by atoms with Crippen molar-refractivity contribution in [2.24, 2.45) is 0 Å². The van der Waals surface area contributed by atoms with Gasteiger partial charge in [-0.25, -0.2) is 16.8 Å². The largest absolute Gasteiger partial charge is 0.726 e. The quantitative estimate of drug-likeness (QED) is 0.00787. The van der Waals surface area contributed by atoms with Crippen LogP contribution in [0.3, 0.4) is 0 Å². The Hall–Kier alpha value is -7.42. The maximum Gasteiger partial charge on any atom is 0.217 e. The minimum atomic E-state index is -4.41. The second-order valence-corrected chi connectivity index (χ2v) is 26.1. The van der Waals surface area contributed by atoms with Gasteiger partial charge >= 0.3 is 0 Å². The maximum absolute atomic E-state index is 9.82. The minimum absolute atomic E-state index is 0.335. The van der Waals surface area contributed by atoms with Crippen LogP contribution in [0.2, 0.25) is 0 Å². The molecule has 24 heteroatoms. The molecule has 0 aromatic heterocycles. The lowest BCUT2D eigenvalue weighted by atomic mass is 9.93. The van der Waals surface area contributed by atoms with Gasteiger partial charge in [0.1, 0.15) is 0 Å². The molecule has 12 N–H and O–H groups in total. The molecule has 0 aliphatic rings. The number of rotatable bonds is 26. The Kier molecular flexibility index (Phi) is 32.9. The van der Waals surface area contributed by atoms with Crippen LogP contribution in [0.5, 0.6) is 69.0 Å². The molecule has 0 radical (unpaired) electrons. The second-order valence-electron chi connectivity index (χ2n) is 23.8. The first-order valence-corrected chi connectivity index (χ1v) is 35.1. The molecule has 0 unspecified atom stereocenters. The van der Waals surface area contributed by atoms with Gasteiger partial charge in [-0.1, -0.05) is 107 Å². The first-order valence-electron chi connectivity index (χ1n) is 32.4. The molecule has 22 nitrogen and oxygen atoms in total. The molecule has 0 saturated carbocycles. The summed E-state index contributed by atoms with van der Waals surface area (Å²) in [5.74, 6) is -4.01. The monoisotopic (exact) mass is 1350 g/mol. The van der Waals surface area contributed by atoms with E-state index in [2.05, 4.69) is 63.8 Å². The van der Waals surface area contributed by atoms with Gasteiger partial charge < -0.3 is 79.3 Å². The number of aromatic hydroxyl groups is 12. The predicted molar refractivity (Wildman–Crippen MR) is 370 cm³/mol. The van der Waals surface area contributed by atoms with Crippen LogP contribution >= 0.6 is 0 Å². The Morgan fingerprint density at radius 3 is 0.404 bits per heavy atom. The summed E-state index contributed by atoms with van der Waals surface area (Å²) in [6.45, 7) is 30.0. The highest BCUT2D eigenvalue weighted by molar-refractivity contribution is 7.81. The number of hydrogen-bond acceptors (Lipinski definition) is 20. The number of nitrogens with zero attached hydrogens (tertiary/aromatic N) is 2. The lowest BCUT2D eigenvalue weighted by Gasteiger charge is -2.39. The van der Waals surface area contributed by atoms with Gasteiger partial charge in [0.15, 0.2) is 69.0 Å². The summed E-state index contributed by atoms with van der Waals surface area (Å²) in [7, 11) is -7.21. The summed E-state index contributed by atoms with van der Waals surface area (Å²) in [5.41, 5.74) is 0. The van der Waals surface area contributed by atoms with Crippen molar-refractivity contribution < 1.29 is 105 Å². The highest BCUT2D eigenvalue weighted by Crippen LogP contribution is 2.47. The number of quaternary nitrogens is 2. The zero-order chi connectivity index (χ0) is 70.7. The van der Waals surface area contributed by atoms with Crippen molar-refractivity contribution in [2.45, 2.75) is 158 Å². The molecule has 0 aliphatic carbocycles. The highest BCUT2D eigenvalue weighted by Gasteiger charge is 2.27. The van der Waals surface area contributed by atoms with E-state index >= 15 is 0 Å². The minimum Gasteiger partial charge on any atom is -0.726 e.